The lowest BCUT2D eigenvalue weighted by Crippen LogP contribution is -2.36. The number of carbonyl (C=O) groups is 1. The molecule has 1 amide bonds. The van der Waals surface area contributed by atoms with E-state index < -0.39 is 18.6 Å². The Bertz CT molecular complexity index is 263. The van der Waals surface area contributed by atoms with Crippen molar-refractivity contribution in [1.82, 2.24) is 10.6 Å². The smallest absolute Gasteiger partial charge is 0.353 e. The first kappa shape index (κ1) is 15.3. The van der Waals surface area contributed by atoms with Crippen molar-refractivity contribution in [3.8, 4) is 0 Å². The fourth-order valence-electron chi connectivity index (χ4n) is 2.25. The van der Waals surface area contributed by atoms with E-state index in [1.165, 1.54) is 6.92 Å². The minimum atomic E-state index is -4.22. The highest BCUT2D eigenvalue weighted by atomic mass is 19.4. The Hall–Kier alpha value is -0.780. The summed E-state index contributed by atoms with van der Waals surface area (Å²) in [7, 11) is 0. The molecule has 0 aromatic heterocycles. The first-order valence-electron chi connectivity index (χ1n) is 6.43. The van der Waals surface area contributed by atoms with Gasteiger partial charge < -0.3 is 10.6 Å². The average molecular weight is 266 g/mol. The zero-order valence-corrected chi connectivity index (χ0v) is 10.6. The third-order valence-corrected chi connectivity index (χ3v) is 3.12. The van der Waals surface area contributed by atoms with Gasteiger partial charge in [0.1, 0.15) is 0 Å². The largest absolute Gasteiger partial charge is 0.391 e. The van der Waals surface area contributed by atoms with Crippen LogP contribution in [0.15, 0.2) is 0 Å². The van der Waals surface area contributed by atoms with Crippen LogP contribution in [0.1, 0.15) is 39.0 Å². The third-order valence-electron chi connectivity index (χ3n) is 3.12. The van der Waals surface area contributed by atoms with Crippen molar-refractivity contribution in [2.45, 2.75) is 51.2 Å². The second-order valence-electron chi connectivity index (χ2n) is 5.04. The van der Waals surface area contributed by atoms with Crippen molar-refractivity contribution in [3.05, 3.63) is 0 Å². The Balaban J connectivity index is 2.16. The summed E-state index contributed by atoms with van der Waals surface area (Å²) in [5.41, 5.74) is 0. The van der Waals surface area contributed by atoms with Crippen LogP contribution in [0.2, 0.25) is 0 Å². The van der Waals surface area contributed by atoms with Crippen LogP contribution in [-0.4, -0.2) is 31.2 Å². The number of piperidine rings is 1. The summed E-state index contributed by atoms with van der Waals surface area (Å²) in [4.78, 5) is 11.5. The van der Waals surface area contributed by atoms with E-state index in [4.69, 9.17) is 0 Å². The summed E-state index contributed by atoms with van der Waals surface area (Å²) in [5.74, 6) is 0.194. The fraction of sp³-hybridized carbons (Fsp3) is 0.917. The van der Waals surface area contributed by atoms with Gasteiger partial charge in [-0.15, -0.1) is 0 Å². The number of rotatable bonds is 5. The van der Waals surface area contributed by atoms with Gasteiger partial charge in [-0.25, -0.2) is 0 Å². The van der Waals surface area contributed by atoms with Crippen molar-refractivity contribution < 1.29 is 18.0 Å². The Morgan fingerprint density at radius 3 is 2.78 bits per heavy atom. The lowest BCUT2D eigenvalue weighted by molar-refractivity contribution is -0.141. The molecule has 0 aromatic rings. The Morgan fingerprint density at radius 1 is 1.50 bits per heavy atom. The standard InChI is InChI=1S/C12H21F3N2O/c1-9(7-12(13,14)15)17-11(18)5-4-10-3-2-6-16-8-10/h9-10,16H,2-8H2,1H3,(H,17,18). The van der Waals surface area contributed by atoms with E-state index in [2.05, 4.69) is 10.6 Å². The highest BCUT2D eigenvalue weighted by molar-refractivity contribution is 5.76. The first-order chi connectivity index (χ1) is 8.37. The first-order valence-corrected chi connectivity index (χ1v) is 6.43. The predicted octanol–water partition coefficient (Wildman–Crippen LogP) is 2.22. The SMILES string of the molecule is CC(CC(F)(F)F)NC(=O)CCC1CCCNC1. The minimum Gasteiger partial charge on any atom is -0.353 e. The van der Waals surface area contributed by atoms with Gasteiger partial charge in [-0.1, -0.05) is 0 Å². The molecule has 6 heteroatoms. The molecule has 1 aliphatic rings. The van der Waals surface area contributed by atoms with Gasteiger partial charge in [0.2, 0.25) is 5.91 Å². The molecular weight excluding hydrogens is 245 g/mol. The molecule has 106 valence electrons. The topological polar surface area (TPSA) is 41.1 Å². The van der Waals surface area contributed by atoms with Gasteiger partial charge >= 0.3 is 6.18 Å². The number of carbonyl (C=O) groups excluding carboxylic acids is 1. The van der Waals surface area contributed by atoms with Crippen molar-refractivity contribution >= 4 is 5.91 Å². The predicted molar refractivity (Wildman–Crippen MR) is 63.1 cm³/mol. The van der Waals surface area contributed by atoms with Crippen LogP contribution in [0, 0.1) is 5.92 Å². The summed E-state index contributed by atoms with van der Waals surface area (Å²) in [6.07, 6.45) is -1.93. The molecule has 2 N–H and O–H groups in total. The molecular formula is C12H21F3N2O. The minimum absolute atomic E-state index is 0.280. The van der Waals surface area contributed by atoms with Crippen molar-refractivity contribution in [3.63, 3.8) is 0 Å². The highest BCUT2D eigenvalue weighted by Crippen LogP contribution is 2.21. The number of halogens is 3. The summed E-state index contributed by atoms with van der Waals surface area (Å²) in [6, 6.07) is -0.845. The molecule has 1 saturated heterocycles. The van der Waals surface area contributed by atoms with E-state index >= 15 is 0 Å². The molecule has 1 rings (SSSR count). The quantitative estimate of drug-likeness (QED) is 0.801. The molecule has 0 aliphatic carbocycles. The maximum atomic E-state index is 12.1. The molecule has 18 heavy (non-hydrogen) atoms. The van der Waals surface area contributed by atoms with Crippen molar-refractivity contribution in [1.29, 1.82) is 0 Å². The van der Waals surface area contributed by atoms with Crippen molar-refractivity contribution in [2.24, 2.45) is 5.92 Å². The van der Waals surface area contributed by atoms with E-state index in [0.29, 0.717) is 12.3 Å². The molecule has 1 aliphatic heterocycles. The molecule has 0 saturated carbocycles. The Kier molecular flexibility index (Phi) is 5.91. The summed E-state index contributed by atoms with van der Waals surface area (Å²) in [6.45, 7) is 3.31. The van der Waals surface area contributed by atoms with Crippen LogP contribution in [-0.2, 0) is 4.79 Å². The van der Waals surface area contributed by atoms with Crippen LogP contribution >= 0.6 is 0 Å². The van der Waals surface area contributed by atoms with Crippen LogP contribution in [0.25, 0.3) is 0 Å². The fourth-order valence-corrected chi connectivity index (χ4v) is 2.25. The number of nitrogens with one attached hydrogen (secondary N) is 2. The lowest BCUT2D eigenvalue weighted by Gasteiger charge is -2.22. The molecule has 0 aromatic carbocycles. The summed E-state index contributed by atoms with van der Waals surface area (Å²) in [5, 5.41) is 5.65. The van der Waals surface area contributed by atoms with Gasteiger partial charge in [-0.05, 0) is 45.2 Å². The van der Waals surface area contributed by atoms with Crippen molar-refractivity contribution in [2.75, 3.05) is 13.1 Å². The normalized spacial score (nSPS) is 22.6. The van der Waals surface area contributed by atoms with Gasteiger partial charge in [0.25, 0.3) is 0 Å². The Morgan fingerprint density at radius 2 is 2.22 bits per heavy atom. The Labute approximate surface area is 106 Å². The number of amides is 1. The van der Waals surface area contributed by atoms with E-state index in [1.807, 2.05) is 0 Å². The molecule has 2 atom stereocenters. The highest BCUT2D eigenvalue weighted by Gasteiger charge is 2.30. The molecule has 2 unspecified atom stereocenters. The molecule has 0 spiro atoms. The number of alkyl halides is 3. The van der Waals surface area contributed by atoms with Gasteiger partial charge in [0.05, 0.1) is 6.42 Å². The number of hydrogen-bond donors (Lipinski definition) is 2. The van der Waals surface area contributed by atoms with Gasteiger partial charge in [0.15, 0.2) is 0 Å². The van der Waals surface area contributed by atoms with Gasteiger partial charge in [0, 0.05) is 12.5 Å². The van der Waals surface area contributed by atoms with E-state index in [9.17, 15) is 18.0 Å². The molecule has 0 bridgehead atoms. The third kappa shape index (κ3) is 6.83. The van der Waals surface area contributed by atoms with Gasteiger partial charge in [-0.3, -0.25) is 4.79 Å². The van der Waals surface area contributed by atoms with Gasteiger partial charge in [-0.2, -0.15) is 13.2 Å². The monoisotopic (exact) mass is 266 g/mol. The van der Waals surface area contributed by atoms with E-state index in [-0.39, 0.29) is 5.91 Å². The summed E-state index contributed by atoms with van der Waals surface area (Å²) < 4.78 is 36.2. The average Bonchev–Trinajstić information content (AvgIpc) is 2.25. The summed E-state index contributed by atoms with van der Waals surface area (Å²) >= 11 is 0. The lowest BCUT2D eigenvalue weighted by atomic mass is 9.94. The van der Waals surface area contributed by atoms with E-state index in [0.717, 1.165) is 32.4 Å². The van der Waals surface area contributed by atoms with Crippen LogP contribution in [0.3, 0.4) is 0 Å². The zero-order valence-electron chi connectivity index (χ0n) is 10.6. The second-order valence-corrected chi connectivity index (χ2v) is 5.04. The maximum Gasteiger partial charge on any atom is 0.391 e. The van der Waals surface area contributed by atoms with E-state index in [1.54, 1.807) is 0 Å². The second kappa shape index (κ2) is 6.97. The molecule has 3 nitrogen and oxygen atoms in total. The van der Waals surface area contributed by atoms with Crippen LogP contribution < -0.4 is 10.6 Å². The van der Waals surface area contributed by atoms with Crippen LogP contribution in [0.5, 0.6) is 0 Å². The molecule has 0 radical (unpaired) electrons. The molecule has 1 fully saturated rings. The van der Waals surface area contributed by atoms with Crippen LogP contribution in [0.4, 0.5) is 13.2 Å². The number of hydrogen-bond acceptors (Lipinski definition) is 2. The molecule has 1 heterocycles. The maximum absolute atomic E-state index is 12.1. The zero-order chi connectivity index (χ0) is 13.6.